The van der Waals surface area contributed by atoms with Crippen molar-refractivity contribution >= 4 is 47.4 Å². The van der Waals surface area contributed by atoms with Gasteiger partial charge in [-0.15, -0.1) is 11.3 Å². The van der Waals surface area contributed by atoms with Crippen LogP contribution in [0.4, 0.5) is 0 Å². The van der Waals surface area contributed by atoms with Crippen LogP contribution in [-0.4, -0.2) is 0 Å². The van der Waals surface area contributed by atoms with Gasteiger partial charge >= 0.3 is 0 Å². The van der Waals surface area contributed by atoms with Crippen molar-refractivity contribution in [2.24, 2.45) is 0 Å². The van der Waals surface area contributed by atoms with Crippen LogP contribution >= 0.6 is 27.3 Å². The van der Waals surface area contributed by atoms with Crippen molar-refractivity contribution in [3.8, 4) is 33.4 Å². The molecular weight excluding hydrogens is 472 g/mol. The van der Waals surface area contributed by atoms with Crippen molar-refractivity contribution in [2.45, 2.75) is 0 Å². The second-order valence-corrected chi connectivity index (χ2v) is 9.92. The summed E-state index contributed by atoms with van der Waals surface area (Å²) >= 11 is 5.64. The van der Waals surface area contributed by atoms with Crippen molar-refractivity contribution < 1.29 is 0 Å². The van der Waals surface area contributed by atoms with E-state index in [1.807, 2.05) is 11.3 Å². The van der Waals surface area contributed by atoms with E-state index in [-0.39, 0.29) is 0 Å². The summed E-state index contributed by atoms with van der Waals surface area (Å²) in [6, 6.07) is 41.5. The molecule has 5 aromatic carbocycles. The van der Waals surface area contributed by atoms with Crippen molar-refractivity contribution in [3.05, 3.63) is 120 Å². The topological polar surface area (TPSA) is 0 Å². The molecule has 0 radical (unpaired) electrons. The second-order valence-electron chi connectivity index (χ2n) is 7.92. The van der Waals surface area contributed by atoms with E-state index in [1.165, 1.54) is 53.6 Å². The summed E-state index contributed by atoms with van der Waals surface area (Å²) in [5.41, 5.74) is 7.41. The number of hydrogen-bond acceptors (Lipinski definition) is 1. The summed E-state index contributed by atoms with van der Waals surface area (Å²) < 4.78 is 3.75. The molecule has 1 heterocycles. The number of hydrogen-bond donors (Lipinski definition) is 0. The van der Waals surface area contributed by atoms with Gasteiger partial charge in [-0.05, 0) is 63.7 Å². The van der Waals surface area contributed by atoms with Crippen LogP contribution in [0.25, 0.3) is 53.6 Å². The summed E-state index contributed by atoms with van der Waals surface area (Å²) in [5.74, 6) is 0. The monoisotopic (exact) mass is 490 g/mol. The quantitative estimate of drug-likeness (QED) is 0.231. The first-order chi connectivity index (χ1) is 15.8. The van der Waals surface area contributed by atoms with E-state index in [0.29, 0.717) is 0 Å². The van der Waals surface area contributed by atoms with E-state index in [2.05, 4.69) is 131 Å². The third-order valence-electron chi connectivity index (χ3n) is 5.94. The summed E-state index contributed by atoms with van der Waals surface area (Å²) in [5, 5.41) is 2.65. The fraction of sp³-hybridized carbons (Fsp3) is 0. The Morgan fingerprint density at radius 3 is 1.69 bits per heavy atom. The summed E-state index contributed by atoms with van der Waals surface area (Å²) in [7, 11) is 0. The molecule has 32 heavy (non-hydrogen) atoms. The summed E-state index contributed by atoms with van der Waals surface area (Å²) in [6.45, 7) is 0. The van der Waals surface area contributed by atoms with E-state index in [1.54, 1.807) is 0 Å². The highest BCUT2D eigenvalue weighted by Crippen LogP contribution is 2.44. The molecule has 0 bridgehead atoms. The average Bonchev–Trinajstić information content (AvgIpc) is 3.22. The Morgan fingerprint density at radius 2 is 1.03 bits per heavy atom. The van der Waals surface area contributed by atoms with Gasteiger partial charge in [0.1, 0.15) is 0 Å². The zero-order valence-corrected chi connectivity index (χ0v) is 19.7. The van der Waals surface area contributed by atoms with E-state index < -0.39 is 0 Å². The van der Waals surface area contributed by atoms with Crippen molar-refractivity contribution in [2.75, 3.05) is 0 Å². The number of thiophene rings is 1. The molecule has 0 saturated carbocycles. The van der Waals surface area contributed by atoms with Crippen LogP contribution in [0.15, 0.2) is 120 Å². The van der Waals surface area contributed by atoms with E-state index in [9.17, 15) is 0 Å². The lowest BCUT2D eigenvalue weighted by molar-refractivity contribution is 1.55. The molecule has 0 unspecified atom stereocenters. The maximum atomic E-state index is 3.78. The van der Waals surface area contributed by atoms with Gasteiger partial charge in [0.05, 0.1) is 0 Å². The highest BCUT2D eigenvalue weighted by atomic mass is 79.9. The van der Waals surface area contributed by atoms with Gasteiger partial charge in [-0.25, -0.2) is 0 Å². The van der Waals surface area contributed by atoms with Crippen LogP contribution in [0.3, 0.4) is 0 Å². The van der Waals surface area contributed by atoms with Gasteiger partial charge in [0.15, 0.2) is 0 Å². The summed E-state index contributed by atoms with van der Waals surface area (Å²) in [6.07, 6.45) is 0. The maximum absolute atomic E-state index is 3.78. The van der Waals surface area contributed by atoms with Crippen LogP contribution in [0.5, 0.6) is 0 Å². The van der Waals surface area contributed by atoms with Crippen LogP contribution in [0.1, 0.15) is 0 Å². The highest BCUT2D eigenvalue weighted by Gasteiger charge is 2.17. The Bertz CT molecular complexity index is 1500. The fourth-order valence-electron chi connectivity index (χ4n) is 4.49. The van der Waals surface area contributed by atoms with Crippen LogP contribution in [0.2, 0.25) is 0 Å². The first-order valence-corrected chi connectivity index (χ1v) is 12.2. The zero-order chi connectivity index (χ0) is 21.5. The molecule has 0 atom stereocenters. The maximum Gasteiger partial charge on any atom is 0.0355 e. The predicted molar refractivity (Wildman–Crippen MR) is 143 cm³/mol. The molecule has 2 heteroatoms. The van der Waals surface area contributed by atoms with Gasteiger partial charge in [0.25, 0.3) is 0 Å². The third-order valence-corrected chi connectivity index (χ3v) is 7.55. The lowest BCUT2D eigenvalue weighted by Crippen LogP contribution is -1.91. The Morgan fingerprint density at radius 1 is 0.469 bits per heavy atom. The van der Waals surface area contributed by atoms with Crippen molar-refractivity contribution in [3.63, 3.8) is 0 Å². The Hall–Kier alpha value is -3.20. The predicted octanol–water partition coefficient (Wildman–Crippen LogP) is 9.82. The second kappa shape index (κ2) is 8.05. The SMILES string of the molecule is Brc1cc(-c2ccccc2)c(-c2ccc3sc4ccccc4c3c2)c(-c2ccccc2)c1. The lowest BCUT2D eigenvalue weighted by atomic mass is 9.87. The Labute approximate surface area is 199 Å². The third kappa shape index (κ3) is 3.37. The molecule has 0 saturated heterocycles. The van der Waals surface area contributed by atoms with E-state index in [4.69, 9.17) is 0 Å². The fourth-order valence-corrected chi connectivity index (χ4v) is 6.03. The molecule has 1 aromatic heterocycles. The van der Waals surface area contributed by atoms with E-state index in [0.717, 1.165) is 4.47 Å². The molecule has 0 aliphatic heterocycles. The highest BCUT2D eigenvalue weighted by molar-refractivity contribution is 9.10. The van der Waals surface area contributed by atoms with Crippen molar-refractivity contribution in [1.82, 2.24) is 0 Å². The minimum absolute atomic E-state index is 1.08. The molecular formula is C30H19BrS. The normalized spacial score (nSPS) is 11.3. The number of benzene rings is 5. The molecule has 0 nitrogen and oxygen atoms in total. The van der Waals surface area contributed by atoms with Crippen LogP contribution in [0, 0.1) is 0 Å². The first kappa shape index (κ1) is 19.5. The number of fused-ring (bicyclic) bond motifs is 3. The Balaban J connectivity index is 1.70. The van der Waals surface area contributed by atoms with Gasteiger partial charge in [0.2, 0.25) is 0 Å². The molecule has 0 fully saturated rings. The number of rotatable bonds is 3. The average molecular weight is 491 g/mol. The molecule has 0 spiro atoms. The first-order valence-electron chi connectivity index (χ1n) is 10.6. The summed E-state index contributed by atoms with van der Waals surface area (Å²) in [4.78, 5) is 0. The minimum Gasteiger partial charge on any atom is -0.135 e. The molecule has 0 aliphatic rings. The van der Waals surface area contributed by atoms with Crippen LogP contribution < -0.4 is 0 Å². The zero-order valence-electron chi connectivity index (χ0n) is 17.3. The molecule has 6 aromatic rings. The van der Waals surface area contributed by atoms with Gasteiger partial charge in [0, 0.05) is 24.6 Å². The van der Waals surface area contributed by atoms with Gasteiger partial charge in [-0.1, -0.05) is 101 Å². The standard InChI is InChI=1S/C30H19BrS/c31-23-18-25(20-9-3-1-4-10-20)30(26(19-23)21-11-5-2-6-12-21)22-15-16-29-27(17-22)24-13-7-8-14-28(24)32-29/h1-19H. The van der Waals surface area contributed by atoms with Crippen molar-refractivity contribution in [1.29, 1.82) is 0 Å². The molecule has 0 aliphatic carbocycles. The largest absolute Gasteiger partial charge is 0.135 e. The number of halogens is 1. The van der Waals surface area contributed by atoms with Gasteiger partial charge in [-0.2, -0.15) is 0 Å². The smallest absolute Gasteiger partial charge is 0.0355 e. The van der Waals surface area contributed by atoms with E-state index >= 15 is 0 Å². The lowest BCUT2D eigenvalue weighted by Gasteiger charge is -2.17. The molecule has 0 amide bonds. The molecule has 0 N–H and O–H groups in total. The van der Waals surface area contributed by atoms with Gasteiger partial charge < -0.3 is 0 Å². The molecule has 6 rings (SSSR count). The van der Waals surface area contributed by atoms with Gasteiger partial charge in [-0.3, -0.25) is 0 Å². The minimum atomic E-state index is 1.08. The molecule has 152 valence electrons. The Kier molecular flexibility index (Phi) is 4.90. The van der Waals surface area contributed by atoms with Crippen LogP contribution in [-0.2, 0) is 0 Å².